The lowest BCUT2D eigenvalue weighted by molar-refractivity contribution is -0.242. The molecular weight excluding hydrogens is 512 g/mol. The minimum absolute atomic E-state index is 0.0193. The van der Waals surface area contributed by atoms with Crippen molar-refractivity contribution in [3.63, 3.8) is 0 Å². The molecule has 1 aliphatic heterocycles. The molecule has 5 nitrogen and oxygen atoms in total. The van der Waals surface area contributed by atoms with E-state index in [1.807, 2.05) is 44.2 Å². The summed E-state index contributed by atoms with van der Waals surface area (Å²) in [7, 11) is 0. The van der Waals surface area contributed by atoms with Gasteiger partial charge in [0, 0.05) is 21.5 Å². The van der Waals surface area contributed by atoms with Gasteiger partial charge in [0.25, 0.3) is 0 Å². The van der Waals surface area contributed by atoms with E-state index in [-0.39, 0.29) is 40.7 Å². The molecule has 4 saturated carbocycles. The molecule has 0 amide bonds. The molecule has 6 rings (SSSR count). The Bertz CT molecular complexity index is 1140. The van der Waals surface area contributed by atoms with E-state index in [1.54, 1.807) is 0 Å². The summed E-state index contributed by atoms with van der Waals surface area (Å²) in [6, 6.07) is 9.40. The second-order valence-electron chi connectivity index (χ2n) is 15.1. The van der Waals surface area contributed by atoms with Gasteiger partial charge in [0.1, 0.15) is 6.10 Å². The number of carbonyl (C=O) groups is 1. The lowest BCUT2D eigenvalue weighted by atomic mass is 9.43. The van der Waals surface area contributed by atoms with Crippen LogP contribution in [0, 0.1) is 52.3 Å². The van der Waals surface area contributed by atoms with Crippen LogP contribution in [0.3, 0.4) is 0 Å². The second-order valence-corrected chi connectivity index (χ2v) is 15.1. The highest BCUT2D eigenvalue weighted by Crippen LogP contribution is 2.69. The molecule has 1 N–H and O–H groups in total. The number of fused-ring (bicyclic) bond motifs is 5. The van der Waals surface area contributed by atoms with E-state index in [4.69, 9.17) is 17.0 Å². The predicted octanol–water partition coefficient (Wildman–Crippen LogP) is 7.66. The summed E-state index contributed by atoms with van der Waals surface area (Å²) < 4.78 is 36.8. The van der Waals surface area contributed by atoms with Gasteiger partial charge in [-0.3, -0.25) is 0 Å². The van der Waals surface area contributed by atoms with Gasteiger partial charge in [0.2, 0.25) is 0 Å². The summed E-state index contributed by atoms with van der Waals surface area (Å²) >= 11 is 0. The number of rotatable bonds is 7. The fraction of sp³-hybridized carbons (Fsp3) is 0.806. The molecule has 1 aromatic rings. The molecule has 1 aromatic carbocycles. The van der Waals surface area contributed by atoms with E-state index in [2.05, 4.69) is 20.8 Å². The van der Waals surface area contributed by atoms with Gasteiger partial charge in [0.05, 0.1) is 24.9 Å². The summed E-state index contributed by atoms with van der Waals surface area (Å²) in [5.41, 5.74) is 0.780. The first kappa shape index (κ1) is 27.1. The van der Waals surface area contributed by atoms with Crippen molar-refractivity contribution in [2.24, 2.45) is 52.3 Å². The van der Waals surface area contributed by atoms with E-state index in [1.165, 1.54) is 0 Å². The highest BCUT2D eigenvalue weighted by Gasteiger charge is 2.65. The summed E-state index contributed by atoms with van der Waals surface area (Å²) in [5.74, 6) is 1.12. The van der Waals surface area contributed by atoms with Crippen LogP contribution >= 0.6 is 0 Å². The third-order valence-corrected chi connectivity index (χ3v) is 12.7. The zero-order chi connectivity index (χ0) is 30.7. The number of esters is 1. The van der Waals surface area contributed by atoms with Crippen LogP contribution < -0.4 is 0 Å². The maximum atomic E-state index is 13.6. The van der Waals surface area contributed by atoms with E-state index in [0.29, 0.717) is 42.4 Å². The maximum absolute atomic E-state index is 13.6. The van der Waals surface area contributed by atoms with Crippen molar-refractivity contribution in [1.29, 1.82) is 0 Å². The largest absolute Gasteiger partial charge is 0.458 e. The number of hydrogen-bond donors (Lipinski definition) is 1. The number of carbonyl (C=O) groups excluding carboxylic acids is 1. The van der Waals surface area contributed by atoms with Gasteiger partial charge in [-0.15, -0.1) is 0 Å². The third kappa shape index (κ3) is 5.20. The number of ether oxygens (including phenoxy) is 3. The first-order chi connectivity index (χ1) is 20.4. The van der Waals surface area contributed by atoms with Gasteiger partial charge in [-0.2, -0.15) is 0 Å². The van der Waals surface area contributed by atoms with Crippen LogP contribution in [-0.2, 0) is 14.2 Å². The number of hydrogen-bond acceptors (Lipinski definition) is 5. The van der Waals surface area contributed by atoms with Gasteiger partial charge in [-0.25, -0.2) is 4.79 Å². The fourth-order valence-corrected chi connectivity index (χ4v) is 10.4. The van der Waals surface area contributed by atoms with Crippen molar-refractivity contribution in [1.82, 2.24) is 0 Å². The van der Waals surface area contributed by atoms with Crippen LogP contribution in [0.25, 0.3) is 0 Å². The third-order valence-electron chi connectivity index (χ3n) is 12.7. The molecule has 6 unspecified atom stereocenters. The Kier molecular flexibility index (Phi) is 7.45. The average Bonchev–Trinajstić information content (AvgIpc) is 3.60. The highest BCUT2D eigenvalue weighted by atomic mass is 16.7. The Balaban J connectivity index is 1.30. The molecule has 1 saturated heterocycles. The molecule has 0 radical (unpaired) electrons. The highest BCUT2D eigenvalue weighted by molar-refractivity contribution is 5.89. The average molecular weight is 569 g/mol. The summed E-state index contributed by atoms with van der Waals surface area (Å²) in [5, 5.41) is 10.7. The molecule has 0 aromatic heterocycles. The van der Waals surface area contributed by atoms with Crippen LogP contribution in [0.2, 0.25) is 0 Å². The van der Waals surface area contributed by atoms with E-state index in [0.717, 1.165) is 51.4 Å². The van der Waals surface area contributed by atoms with Gasteiger partial charge in [-0.05, 0) is 110 Å². The summed E-state index contributed by atoms with van der Waals surface area (Å²) in [6.07, 6.45) is 5.65. The molecule has 5 fully saturated rings. The molecule has 5 aliphatic rings. The zero-order valence-corrected chi connectivity index (χ0v) is 25.9. The van der Waals surface area contributed by atoms with Gasteiger partial charge >= 0.3 is 5.97 Å². The number of aliphatic hydroxyl groups excluding tert-OH is 1. The van der Waals surface area contributed by atoms with Crippen molar-refractivity contribution in [2.45, 2.75) is 117 Å². The van der Waals surface area contributed by atoms with Crippen molar-refractivity contribution in [3.8, 4) is 0 Å². The van der Waals surface area contributed by atoms with Crippen LogP contribution in [0.15, 0.2) is 30.3 Å². The van der Waals surface area contributed by atoms with Crippen molar-refractivity contribution < 1.29 is 26.9 Å². The Morgan fingerprint density at radius 1 is 1.00 bits per heavy atom. The first-order valence-electron chi connectivity index (χ1n) is 17.6. The summed E-state index contributed by atoms with van der Waals surface area (Å²) in [6.45, 7) is 12.3. The van der Waals surface area contributed by atoms with Crippen LogP contribution in [0.5, 0.6) is 0 Å². The van der Waals surface area contributed by atoms with E-state index in [9.17, 15) is 9.90 Å². The first-order valence-corrected chi connectivity index (χ1v) is 16.5. The molecule has 0 bridgehead atoms. The van der Waals surface area contributed by atoms with Crippen molar-refractivity contribution >= 4 is 5.97 Å². The van der Waals surface area contributed by atoms with Crippen LogP contribution in [0.1, 0.15) is 112 Å². The Morgan fingerprint density at radius 2 is 1.71 bits per heavy atom. The Labute approximate surface area is 250 Å². The Morgan fingerprint density at radius 3 is 2.41 bits per heavy atom. The molecule has 12 atom stereocenters. The molecule has 1 heterocycles. The normalized spacial score (nSPS) is 43.2. The molecule has 1 spiro atoms. The lowest BCUT2D eigenvalue weighted by Crippen LogP contribution is -2.60. The molecule has 4 aliphatic carbocycles. The fourth-order valence-electron chi connectivity index (χ4n) is 10.4. The minimum Gasteiger partial charge on any atom is -0.458 e. The standard InChI is InChI=1S/C36H54O5/c1-23(2)30(37)14-11-24(3)27-12-13-28-32-29(15-16-35(27,28)5)34(4)17-18-36(39-19-20-40-36)22-26(34)21-31(32)41-33(38)25-9-7-6-8-10-25/h6-10,23-24,26-32,37H,11-22H2,1-5H3/t24-,26+,27-,28?,29?,30-,31?,32?,34+,35-/m1/s1/i11D,14D/t11?,14?,24-,26+,27-,28?,29?,30-,31?,32?,34+,35-. The van der Waals surface area contributed by atoms with E-state index < -0.39 is 24.7 Å². The van der Waals surface area contributed by atoms with Gasteiger partial charge < -0.3 is 19.3 Å². The quantitative estimate of drug-likeness (QED) is 0.342. The van der Waals surface area contributed by atoms with Crippen molar-refractivity contribution in [2.75, 3.05) is 13.2 Å². The number of aliphatic hydroxyl groups is 1. The summed E-state index contributed by atoms with van der Waals surface area (Å²) in [4.78, 5) is 13.6. The topological polar surface area (TPSA) is 65.0 Å². The van der Waals surface area contributed by atoms with Crippen LogP contribution in [0.4, 0.5) is 0 Å². The zero-order valence-electron chi connectivity index (χ0n) is 27.9. The maximum Gasteiger partial charge on any atom is 0.338 e. The number of benzene rings is 1. The SMILES string of the molecule is [2H]C(C([2H])[C@@H](C)[C@H]1CCC2C3C(OC(=O)c4ccccc4)C[C@H]4CC5(CC[C@]4(C)C3CC[C@@]21C)OCCO5)[C@@H](O)C(C)C. The van der Waals surface area contributed by atoms with E-state index >= 15 is 0 Å². The minimum atomic E-state index is -0.808. The second kappa shape index (κ2) is 11.2. The molecule has 228 valence electrons. The lowest BCUT2D eigenvalue weighted by Gasteiger charge is -2.63. The molecular formula is C36H54O5. The van der Waals surface area contributed by atoms with Gasteiger partial charge in [0.15, 0.2) is 5.79 Å². The van der Waals surface area contributed by atoms with Crippen LogP contribution in [-0.4, -0.2) is 42.3 Å². The Hall–Kier alpha value is -1.43. The molecule has 41 heavy (non-hydrogen) atoms. The van der Waals surface area contributed by atoms with Crippen molar-refractivity contribution in [3.05, 3.63) is 35.9 Å². The molecule has 5 heteroatoms. The van der Waals surface area contributed by atoms with Gasteiger partial charge in [-0.1, -0.05) is 52.8 Å². The predicted molar refractivity (Wildman–Crippen MR) is 160 cm³/mol. The monoisotopic (exact) mass is 568 g/mol. The smallest absolute Gasteiger partial charge is 0.338 e.